The van der Waals surface area contributed by atoms with E-state index in [1.165, 1.54) is 10.6 Å². The number of benzene rings is 2. The predicted molar refractivity (Wildman–Crippen MR) is 119 cm³/mol. The zero-order valence-corrected chi connectivity index (χ0v) is 17.8. The number of carbonyl (C=O) groups is 1. The highest BCUT2D eigenvalue weighted by Gasteiger charge is 2.17. The number of para-hydroxylation sites is 2. The van der Waals surface area contributed by atoms with Crippen LogP contribution in [0.15, 0.2) is 59.4 Å². The minimum Gasteiger partial charge on any atom is -0.492 e. The summed E-state index contributed by atoms with van der Waals surface area (Å²) in [7, 11) is 0. The van der Waals surface area contributed by atoms with Crippen molar-refractivity contribution in [1.82, 2.24) is 19.2 Å². The second-order valence-electron chi connectivity index (χ2n) is 6.81. The molecule has 0 bridgehead atoms. The highest BCUT2D eigenvalue weighted by atomic mass is 35.5. The zero-order valence-electron chi connectivity index (χ0n) is 17.0. The smallest absolute Gasteiger partial charge is 0.275 e. The number of rotatable bonds is 6. The van der Waals surface area contributed by atoms with Crippen LogP contribution in [-0.4, -0.2) is 31.7 Å². The molecule has 0 saturated heterocycles. The van der Waals surface area contributed by atoms with Crippen molar-refractivity contribution >= 4 is 29.0 Å². The van der Waals surface area contributed by atoms with Crippen molar-refractivity contribution in [3.63, 3.8) is 0 Å². The molecule has 158 valence electrons. The number of halogens is 1. The Balaban J connectivity index is 1.70. The average Bonchev–Trinajstić information content (AvgIpc) is 3.19. The van der Waals surface area contributed by atoms with E-state index in [2.05, 4.69) is 15.4 Å². The van der Waals surface area contributed by atoms with Crippen LogP contribution in [0.25, 0.3) is 17.2 Å². The summed E-state index contributed by atoms with van der Waals surface area (Å²) in [5, 5.41) is 7.64. The van der Waals surface area contributed by atoms with E-state index in [4.69, 9.17) is 16.3 Å². The van der Waals surface area contributed by atoms with Crippen molar-refractivity contribution in [1.29, 1.82) is 0 Å². The largest absolute Gasteiger partial charge is 0.492 e. The van der Waals surface area contributed by atoms with E-state index in [1.807, 2.05) is 25.1 Å². The molecule has 1 amide bonds. The van der Waals surface area contributed by atoms with Gasteiger partial charge in [-0.2, -0.15) is 9.50 Å². The Hall–Kier alpha value is -3.65. The standard InChI is InChI=1S/C22H20ClN5O3/c1-3-31-18-11-7-6-10-17(18)24-19(29)13-27-14(2)12-20(30)28-22(27)25-21(26-28)15-8-4-5-9-16(15)23/h4-12H,3,13H2,1-2H3,(H,24,29). The third-order valence-electron chi connectivity index (χ3n) is 4.68. The Kier molecular flexibility index (Phi) is 5.73. The maximum Gasteiger partial charge on any atom is 0.275 e. The first kappa shape index (κ1) is 20.6. The summed E-state index contributed by atoms with van der Waals surface area (Å²) in [6.07, 6.45) is 0. The number of nitrogens with one attached hydrogen (secondary N) is 1. The number of hydrogen-bond donors (Lipinski definition) is 1. The molecule has 1 N–H and O–H groups in total. The molecule has 0 radical (unpaired) electrons. The van der Waals surface area contributed by atoms with E-state index < -0.39 is 0 Å². The average molecular weight is 438 g/mol. The van der Waals surface area contributed by atoms with Crippen molar-refractivity contribution in [2.24, 2.45) is 0 Å². The fourth-order valence-corrected chi connectivity index (χ4v) is 3.46. The number of ether oxygens (including phenoxy) is 1. The molecule has 0 atom stereocenters. The molecule has 2 aromatic heterocycles. The number of hydrogen-bond acceptors (Lipinski definition) is 5. The molecular formula is C22H20ClN5O3. The van der Waals surface area contributed by atoms with Crippen LogP contribution in [-0.2, 0) is 11.3 Å². The highest BCUT2D eigenvalue weighted by molar-refractivity contribution is 6.33. The molecular weight excluding hydrogens is 418 g/mol. The maximum atomic E-state index is 12.8. The first-order chi connectivity index (χ1) is 15.0. The lowest BCUT2D eigenvalue weighted by molar-refractivity contribution is -0.116. The Bertz CT molecular complexity index is 1330. The van der Waals surface area contributed by atoms with Gasteiger partial charge in [0, 0.05) is 17.3 Å². The minimum absolute atomic E-state index is 0.0588. The van der Waals surface area contributed by atoms with Gasteiger partial charge in [0.2, 0.25) is 11.7 Å². The number of carbonyl (C=O) groups excluding carboxylic acids is 1. The number of aryl methyl sites for hydroxylation is 1. The van der Waals surface area contributed by atoms with Gasteiger partial charge in [0.05, 0.1) is 17.3 Å². The summed E-state index contributed by atoms with van der Waals surface area (Å²) in [5.74, 6) is 0.865. The van der Waals surface area contributed by atoms with E-state index in [9.17, 15) is 9.59 Å². The molecule has 0 saturated carbocycles. The summed E-state index contributed by atoms with van der Waals surface area (Å²) in [6, 6.07) is 15.7. The second-order valence-corrected chi connectivity index (χ2v) is 7.22. The Morgan fingerprint density at radius 2 is 1.90 bits per heavy atom. The van der Waals surface area contributed by atoms with E-state index in [-0.39, 0.29) is 23.8 Å². The quantitative estimate of drug-likeness (QED) is 0.498. The molecule has 4 rings (SSSR count). The maximum absolute atomic E-state index is 12.8. The molecule has 31 heavy (non-hydrogen) atoms. The van der Waals surface area contributed by atoms with Crippen LogP contribution in [0.3, 0.4) is 0 Å². The third kappa shape index (κ3) is 4.15. The van der Waals surface area contributed by atoms with Gasteiger partial charge < -0.3 is 14.6 Å². The van der Waals surface area contributed by atoms with E-state index in [0.717, 1.165) is 0 Å². The Labute approximate surface area is 183 Å². The van der Waals surface area contributed by atoms with E-state index in [1.54, 1.807) is 41.8 Å². The molecule has 8 nitrogen and oxygen atoms in total. The lowest BCUT2D eigenvalue weighted by Crippen LogP contribution is -2.25. The molecule has 0 spiro atoms. The molecule has 9 heteroatoms. The van der Waals surface area contributed by atoms with Crippen molar-refractivity contribution in [3.05, 3.63) is 75.7 Å². The molecule has 0 aliphatic heterocycles. The van der Waals surface area contributed by atoms with Crippen molar-refractivity contribution in [3.8, 4) is 17.1 Å². The van der Waals surface area contributed by atoms with Gasteiger partial charge in [-0.1, -0.05) is 35.9 Å². The Morgan fingerprint density at radius 1 is 1.16 bits per heavy atom. The number of anilines is 1. The minimum atomic E-state index is -0.336. The van der Waals surface area contributed by atoms with Crippen molar-refractivity contribution in [2.45, 2.75) is 20.4 Å². The van der Waals surface area contributed by atoms with Crippen LogP contribution < -0.4 is 15.6 Å². The van der Waals surface area contributed by atoms with Gasteiger partial charge in [-0.25, -0.2) is 0 Å². The number of fused-ring (bicyclic) bond motifs is 1. The molecule has 0 fully saturated rings. The van der Waals surface area contributed by atoms with E-state index >= 15 is 0 Å². The first-order valence-corrected chi connectivity index (χ1v) is 10.1. The lowest BCUT2D eigenvalue weighted by atomic mass is 10.2. The summed E-state index contributed by atoms with van der Waals surface area (Å²) >= 11 is 6.26. The van der Waals surface area contributed by atoms with Gasteiger partial charge in [0.1, 0.15) is 12.3 Å². The summed E-state index contributed by atoms with van der Waals surface area (Å²) in [4.78, 5) is 29.8. The number of amides is 1. The lowest BCUT2D eigenvalue weighted by Gasteiger charge is -2.14. The van der Waals surface area contributed by atoms with Crippen LogP contribution in [0.1, 0.15) is 12.6 Å². The van der Waals surface area contributed by atoms with Gasteiger partial charge in [-0.3, -0.25) is 9.59 Å². The molecule has 0 aliphatic rings. The monoisotopic (exact) mass is 437 g/mol. The summed E-state index contributed by atoms with van der Waals surface area (Å²) in [5.41, 5.74) is 1.43. The van der Waals surface area contributed by atoms with Gasteiger partial charge in [0.25, 0.3) is 5.56 Å². The van der Waals surface area contributed by atoms with Crippen LogP contribution in [0.5, 0.6) is 5.75 Å². The fourth-order valence-electron chi connectivity index (χ4n) is 3.24. The molecule has 2 heterocycles. The molecule has 0 aliphatic carbocycles. The van der Waals surface area contributed by atoms with Crippen molar-refractivity contribution in [2.75, 3.05) is 11.9 Å². The second kappa shape index (κ2) is 8.61. The molecule has 0 unspecified atom stereocenters. The van der Waals surface area contributed by atoms with Crippen LogP contribution in [0.4, 0.5) is 5.69 Å². The SMILES string of the molecule is CCOc1ccccc1NC(=O)Cn1c(C)cc(=O)n2nc(-c3ccccc3Cl)nc12. The Morgan fingerprint density at radius 3 is 2.68 bits per heavy atom. The predicted octanol–water partition coefficient (Wildman–Crippen LogP) is 3.56. The molecule has 4 aromatic rings. The van der Waals surface area contributed by atoms with Gasteiger partial charge in [-0.15, -0.1) is 5.10 Å². The van der Waals surface area contributed by atoms with Gasteiger partial charge in [0.15, 0.2) is 5.82 Å². The van der Waals surface area contributed by atoms with Gasteiger partial charge in [-0.05, 0) is 38.1 Å². The van der Waals surface area contributed by atoms with E-state index in [0.29, 0.717) is 40.1 Å². The highest BCUT2D eigenvalue weighted by Crippen LogP contribution is 2.25. The summed E-state index contributed by atoms with van der Waals surface area (Å²) < 4.78 is 8.37. The third-order valence-corrected chi connectivity index (χ3v) is 5.01. The molecule has 2 aromatic carbocycles. The van der Waals surface area contributed by atoms with Gasteiger partial charge >= 0.3 is 0 Å². The number of nitrogens with zero attached hydrogens (tertiary/aromatic N) is 4. The van der Waals surface area contributed by atoms with Crippen LogP contribution in [0, 0.1) is 6.92 Å². The van der Waals surface area contributed by atoms with Crippen molar-refractivity contribution < 1.29 is 9.53 Å². The van der Waals surface area contributed by atoms with Crippen LogP contribution >= 0.6 is 11.6 Å². The number of aromatic nitrogens is 4. The summed E-state index contributed by atoms with van der Waals surface area (Å²) in [6.45, 7) is 4.04. The zero-order chi connectivity index (χ0) is 22.0. The fraction of sp³-hybridized carbons (Fsp3) is 0.182. The normalized spacial score (nSPS) is 10.9. The van der Waals surface area contributed by atoms with Crippen LogP contribution in [0.2, 0.25) is 5.02 Å². The first-order valence-electron chi connectivity index (χ1n) is 9.71. The topological polar surface area (TPSA) is 90.5 Å².